The predicted octanol–water partition coefficient (Wildman–Crippen LogP) is -19.7. The van der Waals surface area contributed by atoms with Crippen LogP contribution in [0, 0.1) is 0 Å². The van der Waals surface area contributed by atoms with Crippen LogP contribution in [0.4, 0.5) is 0 Å². The van der Waals surface area contributed by atoms with Gasteiger partial charge in [-0.1, -0.05) is 0 Å². The summed E-state index contributed by atoms with van der Waals surface area (Å²) in [4.78, 5) is 25.6. The normalized spacial score (nSPS) is 37.7. The molecule has 10 unspecified atom stereocenters. The molecule has 558 valence electrons. The molecule has 8 N–H and O–H groups in total. The molecule has 5 rings (SSSR count). The summed E-state index contributed by atoms with van der Waals surface area (Å²) in [6, 6.07) is -9.08. The Labute approximate surface area is 531 Å². The second kappa shape index (κ2) is 31.2. The Morgan fingerprint density at radius 2 is 0.663 bits per heavy atom. The van der Waals surface area contributed by atoms with Gasteiger partial charge in [0.2, 0.25) is 62.4 Å². The Balaban J connectivity index is 1.63. The number of carboxylic acid groups (broad SMARTS) is 2. The van der Waals surface area contributed by atoms with Crippen molar-refractivity contribution < 1.29 is 235 Å². The van der Waals surface area contributed by atoms with Crippen molar-refractivity contribution in [1.29, 1.82) is 0 Å². The zero-order chi connectivity index (χ0) is 72.6. The summed E-state index contributed by atoms with van der Waals surface area (Å²) in [5.41, 5.74) is 0. The molecule has 0 saturated carbocycles. The molecule has 0 amide bonds. The fourth-order valence-electron chi connectivity index (χ4n) is 9.16. The van der Waals surface area contributed by atoms with Crippen molar-refractivity contribution >= 4 is 105 Å². The van der Waals surface area contributed by atoms with Gasteiger partial charge in [0.25, 0.3) is 0 Å². The molecule has 5 fully saturated rings. The number of rotatable bonds is 32. The Morgan fingerprint density at radius 3 is 1.04 bits per heavy atom. The van der Waals surface area contributed by atoms with Crippen molar-refractivity contribution in [2.75, 3.05) is 26.9 Å². The molecular weight excluding hydrogens is 1530 g/mol. The first-order valence-corrected chi connectivity index (χ1v) is 36.2. The molecule has 0 bridgehead atoms. The van der Waals surface area contributed by atoms with Gasteiger partial charge in [0, 0.05) is 7.11 Å². The fraction of sp³-hybridized carbons (Fsp3) is 0.935. The minimum atomic E-state index is -6.74. The third kappa shape index (κ3) is 24.7. The smallest absolute Gasteiger partial charge is 0.218 e. The monoisotopic (exact) mass is 1580 g/mol. The number of carbonyl (C=O) groups excluding carboxylic acids is 2. The van der Waals surface area contributed by atoms with Crippen LogP contribution in [-0.2, 0) is 175 Å². The van der Waals surface area contributed by atoms with Gasteiger partial charge in [-0.3, -0.25) is 25.1 Å². The standard InChI is InChI=1S/C31H53N3O52S9/c1-71-27-9(33-88(47,48)49)18(84-93(62,63)64)17(6(76-27)3-73-91(56,57)58)79-31-22(86-95(68,69)70)15(39)21(24(83-31)26(42)43)81-29-10(34-89(50,51)52)19(85-94(65,66)67)16(7(77-29)4-74-92(59,60)61)78-30-14(38)13(37)20(23(82-30)25(40)41)80-28-8(32-87(44,45)46)12(36)11(35)5(75-28)2-72-90(53,54)55/h5-24,27-39H,2-4H2,1H3,(H,40,41)(H,42,43)(H,44,45,46)(H,47,48,49)(H,50,51,52)(H,53,54,55)(H,56,57,58)(H,59,60,61)(H,62,63,64)(H,65,66,67)(H,68,69,70)/p-11/t5?,6?,7?,8?,9?,10?,11-,12+,13+,14?,15-,16-,17+,18+,19-,20-,21-,22?,23?,24?,27-,28+,29+,30-,31-/m1/s1. The lowest BCUT2D eigenvalue weighted by atomic mass is 9.94. The molecule has 95 heavy (non-hydrogen) atoms. The number of methoxy groups -OCH3 is 1. The van der Waals surface area contributed by atoms with E-state index in [2.05, 4.69) is 25.1 Å². The molecule has 64 heteroatoms. The Bertz CT molecular complexity index is 3770. The number of aliphatic hydroxyl groups excluding tert-OH is 5. The zero-order valence-corrected chi connectivity index (χ0v) is 52.5. The van der Waals surface area contributed by atoms with Crippen LogP contribution in [0.5, 0.6) is 0 Å². The average Bonchev–Trinajstić information content (AvgIpc) is 0.764. The maximum Gasteiger partial charge on any atom is 0.218 e. The van der Waals surface area contributed by atoms with Gasteiger partial charge in [0.1, 0.15) is 116 Å². The van der Waals surface area contributed by atoms with E-state index in [9.17, 15) is 162 Å². The highest BCUT2D eigenvalue weighted by Gasteiger charge is 2.60. The summed E-state index contributed by atoms with van der Waals surface area (Å²) in [5.74, 6) is -5.69. The van der Waals surface area contributed by atoms with Crippen LogP contribution < -0.4 is 24.4 Å². The maximum absolute atomic E-state index is 12.9. The first-order chi connectivity index (χ1) is 42.8. The third-order valence-electron chi connectivity index (χ3n) is 12.6. The number of nitrogens with one attached hydrogen (secondary N) is 3. The summed E-state index contributed by atoms with van der Waals surface area (Å²) in [5, 5.41) is 81.1. The van der Waals surface area contributed by atoms with Crippen LogP contribution >= 0.6 is 0 Å². The summed E-state index contributed by atoms with van der Waals surface area (Å²) in [7, 11) is -55.7. The van der Waals surface area contributed by atoms with E-state index in [4.69, 9.17) is 47.4 Å². The van der Waals surface area contributed by atoms with Crippen LogP contribution in [0.3, 0.4) is 0 Å². The molecule has 5 heterocycles. The molecule has 55 nitrogen and oxygen atoms in total. The molecule has 0 aliphatic carbocycles. The first-order valence-electron chi connectivity index (χ1n) is 24.0. The second-order valence-electron chi connectivity index (χ2n) is 19.0. The number of aliphatic carboxylic acids is 2. The number of hydrogen-bond acceptors (Lipinski definition) is 52. The Kier molecular flexibility index (Phi) is 27.2. The van der Waals surface area contributed by atoms with E-state index in [0.717, 1.165) is 14.2 Å². The summed E-state index contributed by atoms with van der Waals surface area (Å²) in [6.45, 7) is -5.74. The number of ether oxygens (including phenoxy) is 10. The Morgan fingerprint density at radius 1 is 0.347 bits per heavy atom. The van der Waals surface area contributed by atoms with Crippen LogP contribution in [0.1, 0.15) is 0 Å². The van der Waals surface area contributed by atoms with Gasteiger partial charge in [-0.2, -0.15) is 0 Å². The minimum absolute atomic E-state index is 0.532. The molecule has 5 aliphatic rings. The number of carboxylic acids is 2. The number of carbonyl (C=O) groups is 2. The van der Waals surface area contributed by atoms with Crippen LogP contribution in [-0.4, -0.2) is 334 Å². The van der Waals surface area contributed by atoms with E-state index < -0.39 is 278 Å². The number of aliphatic hydroxyl groups is 5. The van der Waals surface area contributed by atoms with Crippen molar-refractivity contribution in [1.82, 2.24) is 14.2 Å². The maximum atomic E-state index is 12.9. The summed E-state index contributed by atoms with van der Waals surface area (Å²) in [6.07, 6.45) is -69.3. The lowest BCUT2D eigenvalue weighted by Gasteiger charge is -2.52. The van der Waals surface area contributed by atoms with Crippen LogP contribution in [0.25, 0.3) is 0 Å². The third-order valence-corrected chi connectivity index (χ3v) is 16.9. The summed E-state index contributed by atoms with van der Waals surface area (Å²) >= 11 is 0. The quantitative estimate of drug-likeness (QED) is 0.0229. The van der Waals surface area contributed by atoms with E-state index >= 15 is 0 Å². The largest absolute Gasteiger partial charge is 0.735 e. The van der Waals surface area contributed by atoms with E-state index in [0.29, 0.717) is 7.11 Å². The average molecular weight is 1580 g/mol. The molecule has 0 aromatic carbocycles. The molecular formula is C31H42N3O52S9-11. The van der Waals surface area contributed by atoms with Gasteiger partial charge >= 0.3 is 0 Å². The summed E-state index contributed by atoms with van der Waals surface area (Å²) < 4.78 is 401. The van der Waals surface area contributed by atoms with Crippen LogP contribution in [0.15, 0.2) is 0 Å². The Hall–Kier alpha value is -2.83. The van der Waals surface area contributed by atoms with Gasteiger partial charge in [0.05, 0.1) is 31.8 Å². The molecule has 0 spiro atoms. The van der Waals surface area contributed by atoms with Crippen molar-refractivity contribution in [3.05, 3.63) is 0 Å². The first kappa shape index (κ1) is 82.8. The van der Waals surface area contributed by atoms with Crippen molar-refractivity contribution in [2.24, 2.45) is 0 Å². The topological polar surface area (TPSA) is 880 Å². The molecule has 0 aromatic heterocycles. The molecule has 25 atom stereocenters. The minimum Gasteiger partial charge on any atom is -0.735 e. The lowest BCUT2D eigenvalue weighted by molar-refractivity contribution is -0.389. The predicted molar refractivity (Wildman–Crippen MR) is 250 cm³/mol. The van der Waals surface area contributed by atoms with E-state index in [-0.39, 0.29) is 0 Å². The lowest BCUT2D eigenvalue weighted by Crippen LogP contribution is -2.72. The van der Waals surface area contributed by atoms with Gasteiger partial charge in [-0.15, -0.1) is 0 Å². The van der Waals surface area contributed by atoms with Crippen molar-refractivity contribution in [2.45, 2.75) is 153 Å². The molecule has 0 radical (unpaired) electrons. The highest BCUT2D eigenvalue weighted by Crippen LogP contribution is 2.39. The van der Waals surface area contributed by atoms with Crippen molar-refractivity contribution in [3.63, 3.8) is 0 Å². The van der Waals surface area contributed by atoms with Gasteiger partial charge in [-0.05, 0) is 0 Å². The van der Waals surface area contributed by atoms with Gasteiger partial charge < -0.3 is 134 Å². The molecule has 5 aliphatic heterocycles. The zero-order valence-electron chi connectivity index (χ0n) is 45.2. The van der Waals surface area contributed by atoms with Crippen molar-refractivity contribution in [3.8, 4) is 0 Å². The molecule has 0 aromatic rings. The van der Waals surface area contributed by atoms with E-state index in [1.54, 1.807) is 0 Å². The second-order valence-corrected chi connectivity index (χ2v) is 28.6. The highest BCUT2D eigenvalue weighted by atomic mass is 32.3. The van der Waals surface area contributed by atoms with Crippen LogP contribution in [0.2, 0.25) is 0 Å². The highest BCUT2D eigenvalue weighted by molar-refractivity contribution is 7.84. The van der Waals surface area contributed by atoms with Gasteiger partial charge in [0.15, 0.2) is 68.5 Å². The number of hydrogen-bond donors (Lipinski definition) is 8. The van der Waals surface area contributed by atoms with E-state index in [1.807, 2.05) is 0 Å². The van der Waals surface area contributed by atoms with E-state index in [1.165, 1.54) is 0 Å². The fourth-order valence-corrected chi connectivity index (χ4v) is 13.3. The van der Waals surface area contributed by atoms with Gasteiger partial charge in [-0.25, -0.2) is 89.9 Å². The SMILES string of the molecule is CO[C@@H]1OC(COS(=O)(=O)[O-])[C@H](O[C@@H]2OC(C(=O)[O-])[C@H](O[C@@H]3OC(COS(=O)(=O)[O-])[C@@H](O[C@@H]4OC(C(=O)[O-])[C@H](O[C@@H]5OC(COS(=O)(=O)[O-])[C@@H](O)[C@@H](O)C5NS(=O)(=O)[O-])[C@@H](O)C4O)[C@H](OS(=O)(=O)[O-])C3NS(=O)(=O)[O-])[C@@H](O)C2OS(=O)(=O)[O-])[C@@H](OS(=O)(=O)[O-])C1NS(=O)(=O)[O-]. The molecule has 5 saturated heterocycles.